The fraction of sp³-hybridized carbons (Fsp3) is 0.286. The van der Waals surface area contributed by atoms with Crippen LogP contribution in [0, 0.1) is 0 Å². The van der Waals surface area contributed by atoms with Crippen LogP contribution in [0.2, 0.25) is 0 Å². The van der Waals surface area contributed by atoms with Crippen LogP contribution in [0.5, 0.6) is 0 Å². The number of aromatic nitrogens is 1. The van der Waals surface area contributed by atoms with Crippen molar-refractivity contribution in [3.05, 3.63) is 28.4 Å². The van der Waals surface area contributed by atoms with Gasteiger partial charge in [0.1, 0.15) is 22.8 Å². The molecule has 3 rings (SSSR count). The van der Waals surface area contributed by atoms with E-state index in [9.17, 15) is 19.2 Å². The molecule has 142 valence electrons. The summed E-state index contributed by atoms with van der Waals surface area (Å²) in [4.78, 5) is 56.2. The minimum Gasteiger partial charge on any atom is -0.479 e. The van der Waals surface area contributed by atoms with Gasteiger partial charge >= 0.3 is 11.9 Å². The van der Waals surface area contributed by atoms with E-state index in [1.807, 2.05) is 0 Å². The lowest BCUT2D eigenvalue weighted by Gasteiger charge is -2.48. The third-order valence-corrected chi connectivity index (χ3v) is 5.36. The van der Waals surface area contributed by atoms with Crippen molar-refractivity contribution in [3.8, 4) is 0 Å². The van der Waals surface area contributed by atoms with Crippen molar-refractivity contribution >= 4 is 52.6 Å². The number of fused-ring (bicyclic) bond motifs is 1. The van der Waals surface area contributed by atoms with Crippen LogP contribution in [0.1, 0.15) is 5.69 Å². The molecule has 0 aliphatic carbocycles. The van der Waals surface area contributed by atoms with Crippen LogP contribution in [0.4, 0.5) is 0 Å². The molecule has 2 unspecified atom stereocenters. The summed E-state index contributed by atoms with van der Waals surface area (Å²) in [6, 6.07) is -0.936. The topological polar surface area (TPSA) is 158 Å². The summed E-state index contributed by atoms with van der Waals surface area (Å²) in [5, 5.41) is 24.7. The van der Waals surface area contributed by atoms with Gasteiger partial charge in [0.2, 0.25) is 6.61 Å². The molecule has 3 N–H and O–H groups in total. The molecule has 2 aliphatic rings. The summed E-state index contributed by atoms with van der Waals surface area (Å²) in [7, 11) is 0. The number of thiazole rings is 1. The van der Waals surface area contributed by atoms with Gasteiger partial charge in [-0.3, -0.25) is 14.5 Å². The first-order valence-electron chi connectivity index (χ1n) is 7.39. The minimum atomic E-state index is -1.27. The van der Waals surface area contributed by atoms with Gasteiger partial charge in [0.05, 0.1) is 5.51 Å². The Hall–Kier alpha value is -2.93. The molecular weight excluding hydrogens is 400 g/mol. The average molecular weight is 412 g/mol. The Bertz CT molecular complexity index is 852. The number of β-lactam (4-membered cyclic amide) rings is 1. The number of thioether (sulfide) groups is 1. The molecule has 0 radical (unpaired) electrons. The lowest BCUT2D eigenvalue weighted by molar-refractivity contribution is -0.150. The first-order valence-corrected chi connectivity index (χ1v) is 9.38. The summed E-state index contributed by atoms with van der Waals surface area (Å²) in [5.41, 5.74) is 1.21. The molecule has 1 saturated heterocycles. The lowest BCUT2D eigenvalue weighted by Crippen LogP contribution is -2.70. The average Bonchev–Trinajstić information content (AvgIpc) is 3.16. The standard InChI is InChI=1S/C14H12N4O7S2/c19-8(20)3-25-17-9(6-4-26-5-15-6)11(21)16-10-12(22)18-7(14(23)24)1-2-27-13(10)18/h1,4-5,10,13H,2-3H2,(H,16,21)(H,19,20)(H,23,24)/b17-9+. The first-order chi connectivity index (χ1) is 12.9. The molecule has 27 heavy (non-hydrogen) atoms. The van der Waals surface area contributed by atoms with E-state index >= 15 is 0 Å². The number of hydrogen-bond acceptors (Lipinski definition) is 9. The highest BCUT2D eigenvalue weighted by Crippen LogP contribution is 2.37. The second-order valence-corrected chi connectivity index (χ2v) is 7.13. The first kappa shape index (κ1) is 18.8. The Morgan fingerprint density at radius 2 is 2.19 bits per heavy atom. The fourth-order valence-electron chi connectivity index (χ4n) is 2.43. The molecular formula is C14H12N4O7S2. The number of nitrogens with zero attached hydrogens (tertiary/aromatic N) is 3. The molecule has 2 atom stereocenters. The van der Waals surface area contributed by atoms with Crippen molar-refractivity contribution in [1.29, 1.82) is 0 Å². The predicted octanol–water partition coefficient (Wildman–Crippen LogP) is -0.683. The molecule has 1 fully saturated rings. The van der Waals surface area contributed by atoms with Gasteiger partial charge in [0.25, 0.3) is 11.8 Å². The molecule has 0 bridgehead atoms. The van der Waals surface area contributed by atoms with Crippen LogP contribution in [-0.4, -0.2) is 73.3 Å². The molecule has 1 aromatic heterocycles. The van der Waals surface area contributed by atoms with Crippen LogP contribution in [0.3, 0.4) is 0 Å². The molecule has 2 aliphatic heterocycles. The number of hydrogen-bond donors (Lipinski definition) is 3. The SMILES string of the molecule is O=C(O)CO/N=C(/C(=O)NC1C(=O)N2C(C(=O)O)=CCSC12)c1cscn1. The van der Waals surface area contributed by atoms with Crippen LogP contribution in [0.15, 0.2) is 27.8 Å². The third-order valence-electron chi connectivity index (χ3n) is 3.59. The molecule has 2 amide bonds. The second kappa shape index (κ2) is 7.75. The van der Waals surface area contributed by atoms with Crippen molar-refractivity contribution < 1.29 is 34.2 Å². The Morgan fingerprint density at radius 3 is 2.81 bits per heavy atom. The maximum Gasteiger partial charge on any atom is 0.352 e. The van der Waals surface area contributed by atoms with Gasteiger partial charge in [-0.05, 0) is 6.08 Å². The zero-order valence-electron chi connectivity index (χ0n) is 13.4. The van der Waals surface area contributed by atoms with E-state index in [0.29, 0.717) is 5.75 Å². The van der Waals surface area contributed by atoms with Crippen molar-refractivity contribution in [2.45, 2.75) is 11.4 Å². The van der Waals surface area contributed by atoms with E-state index in [-0.39, 0.29) is 17.1 Å². The number of carbonyl (C=O) groups excluding carboxylic acids is 2. The summed E-state index contributed by atoms with van der Waals surface area (Å²) in [6.07, 6.45) is 1.43. The van der Waals surface area contributed by atoms with Gasteiger partial charge < -0.3 is 20.4 Å². The monoisotopic (exact) mass is 412 g/mol. The normalized spacial score (nSPS) is 21.6. The van der Waals surface area contributed by atoms with Crippen LogP contribution < -0.4 is 5.32 Å². The van der Waals surface area contributed by atoms with Crippen molar-refractivity contribution in [2.24, 2.45) is 5.16 Å². The highest BCUT2D eigenvalue weighted by atomic mass is 32.2. The second-order valence-electron chi connectivity index (χ2n) is 5.26. The van der Waals surface area contributed by atoms with E-state index in [2.05, 4.69) is 20.3 Å². The zero-order valence-corrected chi connectivity index (χ0v) is 15.0. The van der Waals surface area contributed by atoms with Gasteiger partial charge in [0, 0.05) is 11.1 Å². The number of nitrogens with one attached hydrogen (secondary N) is 1. The quantitative estimate of drug-likeness (QED) is 0.299. The Labute approximate surface area is 159 Å². The Morgan fingerprint density at radius 1 is 1.41 bits per heavy atom. The molecule has 0 spiro atoms. The molecule has 11 nitrogen and oxygen atoms in total. The number of carboxylic acids is 2. The Kier molecular flexibility index (Phi) is 5.41. The number of aliphatic carboxylic acids is 2. The molecule has 13 heteroatoms. The lowest BCUT2D eigenvalue weighted by atomic mass is 10.0. The van der Waals surface area contributed by atoms with Gasteiger partial charge in [0.15, 0.2) is 5.71 Å². The Balaban J connectivity index is 1.73. The van der Waals surface area contributed by atoms with E-state index < -0.39 is 41.8 Å². The molecule has 0 saturated carbocycles. The van der Waals surface area contributed by atoms with Gasteiger partial charge in [-0.15, -0.1) is 23.1 Å². The van der Waals surface area contributed by atoms with E-state index in [4.69, 9.17) is 10.2 Å². The third kappa shape index (κ3) is 3.78. The number of amides is 2. The number of oxime groups is 1. The smallest absolute Gasteiger partial charge is 0.352 e. The maximum atomic E-state index is 12.5. The fourth-order valence-corrected chi connectivity index (χ4v) is 4.17. The number of carbonyl (C=O) groups is 4. The van der Waals surface area contributed by atoms with Crippen molar-refractivity contribution in [1.82, 2.24) is 15.2 Å². The maximum absolute atomic E-state index is 12.5. The summed E-state index contributed by atoms with van der Waals surface area (Å²) in [6.45, 7) is -0.748. The van der Waals surface area contributed by atoms with E-state index in [0.717, 1.165) is 4.90 Å². The largest absolute Gasteiger partial charge is 0.479 e. The van der Waals surface area contributed by atoms with Crippen LogP contribution in [-0.2, 0) is 24.0 Å². The minimum absolute atomic E-state index is 0.118. The van der Waals surface area contributed by atoms with E-state index in [1.165, 1.54) is 40.1 Å². The molecule has 1 aromatic rings. The van der Waals surface area contributed by atoms with Crippen LogP contribution in [0.25, 0.3) is 0 Å². The zero-order chi connectivity index (χ0) is 19.6. The summed E-state index contributed by atoms with van der Waals surface area (Å²) < 4.78 is 0. The molecule has 0 aromatic carbocycles. The van der Waals surface area contributed by atoms with Crippen LogP contribution >= 0.6 is 23.1 Å². The van der Waals surface area contributed by atoms with Crippen molar-refractivity contribution in [2.75, 3.05) is 12.4 Å². The summed E-state index contributed by atoms with van der Waals surface area (Å²) in [5.74, 6) is -3.44. The van der Waals surface area contributed by atoms with Gasteiger partial charge in [-0.25, -0.2) is 14.6 Å². The number of rotatable bonds is 7. The predicted molar refractivity (Wildman–Crippen MR) is 93.0 cm³/mol. The van der Waals surface area contributed by atoms with Gasteiger partial charge in [-0.1, -0.05) is 5.16 Å². The molecule has 3 heterocycles. The highest BCUT2D eigenvalue weighted by Gasteiger charge is 2.53. The van der Waals surface area contributed by atoms with Crippen molar-refractivity contribution in [3.63, 3.8) is 0 Å². The summed E-state index contributed by atoms with van der Waals surface area (Å²) >= 11 is 2.50. The van der Waals surface area contributed by atoms with Gasteiger partial charge in [-0.2, -0.15) is 0 Å². The highest BCUT2D eigenvalue weighted by molar-refractivity contribution is 8.00. The van der Waals surface area contributed by atoms with E-state index in [1.54, 1.807) is 0 Å². The number of carboxylic acid groups (broad SMARTS) is 2.